The molecule has 1 aromatic carbocycles. The minimum Gasteiger partial charge on any atom is -0.481 e. The number of aromatic nitrogens is 3. The van der Waals surface area contributed by atoms with Crippen molar-refractivity contribution in [2.75, 3.05) is 18.1 Å². The van der Waals surface area contributed by atoms with Gasteiger partial charge >= 0.3 is 11.4 Å². The number of carbonyl (C=O) groups is 1. The fraction of sp³-hybridized carbons (Fsp3) is 0.353. The first-order chi connectivity index (χ1) is 12.5. The van der Waals surface area contributed by atoms with Crippen LogP contribution in [0.4, 0.5) is 10.1 Å². The molecule has 136 valence electrons. The van der Waals surface area contributed by atoms with E-state index in [9.17, 15) is 18.8 Å². The van der Waals surface area contributed by atoms with Gasteiger partial charge in [-0.15, -0.1) is 6.58 Å². The monoisotopic (exact) mass is 360 g/mol. The third-order valence-electron chi connectivity index (χ3n) is 4.63. The van der Waals surface area contributed by atoms with Crippen molar-refractivity contribution in [3.8, 4) is 11.4 Å². The predicted molar refractivity (Wildman–Crippen MR) is 91.5 cm³/mol. The number of anilines is 1. The van der Waals surface area contributed by atoms with Crippen LogP contribution in [0.15, 0.2) is 34.4 Å². The molecule has 3 heterocycles. The summed E-state index contributed by atoms with van der Waals surface area (Å²) in [6.45, 7) is 4.44. The number of hydrogen-bond donors (Lipinski definition) is 0. The highest BCUT2D eigenvalue weighted by Gasteiger charge is 2.29. The molecule has 0 unspecified atom stereocenters. The van der Waals surface area contributed by atoms with Gasteiger partial charge in [-0.25, -0.2) is 27.9 Å². The Kier molecular flexibility index (Phi) is 3.78. The zero-order valence-electron chi connectivity index (χ0n) is 14.0. The van der Waals surface area contributed by atoms with Crippen LogP contribution in [0.5, 0.6) is 5.75 Å². The highest BCUT2D eigenvalue weighted by Crippen LogP contribution is 2.35. The summed E-state index contributed by atoms with van der Waals surface area (Å²) in [4.78, 5) is 38.8. The first kappa shape index (κ1) is 16.4. The molecule has 0 radical (unpaired) electrons. The van der Waals surface area contributed by atoms with E-state index in [-0.39, 0.29) is 30.5 Å². The van der Waals surface area contributed by atoms with Crippen LogP contribution < -0.4 is 21.0 Å². The Morgan fingerprint density at radius 1 is 1.08 bits per heavy atom. The number of nitrogens with zero attached hydrogens (tertiary/aromatic N) is 4. The summed E-state index contributed by atoms with van der Waals surface area (Å²) in [6.07, 6.45) is 3.10. The van der Waals surface area contributed by atoms with Crippen LogP contribution in [0.2, 0.25) is 0 Å². The van der Waals surface area contributed by atoms with E-state index >= 15 is 0 Å². The SMILES string of the molecule is C=CCN1C(=O)COc2cc(F)c(-n3c(=O)n4n(c3=O)CCCC4)cc21. The van der Waals surface area contributed by atoms with Gasteiger partial charge in [0, 0.05) is 25.7 Å². The molecular weight excluding hydrogens is 343 g/mol. The van der Waals surface area contributed by atoms with Crippen molar-refractivity contribution in [3.05, 3.63) is 51.6 Å². The summed E-state index contributed by atoms with van der Waals surface area (Å²) in [5.41, 5.74) is -1.07. The molecule has 0 N–H and O–H groups in total. The molecule has 4 rings (SSSR count). The maximum absolute atomic E-state index is 14.7. The van der Waals surface area contributed by atoms with Gasteiger partial charge in [0.2, 0.25) is 0 Å². The molecule has 0 saturated heterocycles. The van der Waals surface area contributed by atoms with Gasteiger partial charge in [-0.2, -0.15) is 0 Å². The molecule has 8 nitrogen and oxygen atoms in total. The van der Waals surface area contributed by atoms with Gasteiger partial charge in [-0.05, 0) is 18.9 Å². The summed E-state index contributed by atoms with van der Waals surface area (Å²) >= 11 is 0. The molecule has 1 amide bonds. The van der Waals surface area contributed by atoms with E-state index in [1.54, 1.807) is 0 Å². The van der Waals surface area contributed by atoms with E-state index < -0.39 is 17.2 Å². The highest BCUT2D eigenvalue weighted by molar-refractivity contribution is 5.98. The molecule has 1 aromatic heterocycles. The maximum atomic E-state index is 14.7. The van der Waals surface area contributed by atoms with Gasteiger partial charge in [0.1, 0.15) is 5.75 Å². The molecule has 0 bridgehead atoms. The highest BCUT2D eigenvalue weighted by atomic mass is 19.1. The number of rotatable bonds is 3. The van der Waals surface area contributed by atoms with Crippen LogP contribution in [-0.4, -0.2) is 33.0 Å². The number of benzene rings is 1. The van der Waals surface area contributed by atoms with Gasteiger partial charge in [0.25, 0.3) is 5.91 Å². The van der Waals surface area contributed by atoms with E-state index in [1.807, 2.05) is 0 Å². The largest absolute Gasteiger partial charge is 0.481 e. The van der Waals surface area contributed by atoms with Crippen LogP contribution in [0.25, 0.3) is 5.69 Å². The van der Waals surface area contributed by atoms with E-state index in [4.69, 9.17) is 4.74 Å². The Hall–Kier alpha value is -3.10. The summed E-state index contributed by atoms with van der Waals surface area (Å²) in [5.74, 6) is -0.889. The summed E-state index contributed by atoms with van der Waals surface area (Å²) in [6, 6.07) is 2.40. The number of hydrogen-bond acceptors (Lipinski definition) is 4. The number of amides is 1. The fourth-order valence-corrected chi connectivity index (χ4v) is 3.39. The normalized spacial score (nSPS) is 16.0. The molecule has 0 fully saturated rings. The van der Waals surface area contributed by atoms with Gasteiger partial charge in [-0.1, -0.05) is 6.08 Å². The second kappa shape index (κ2) is 6.01. The van der Waals surface area contributed by atoms with E-state index in [0.29, 0.717) is 18.8 Å². The van der Waals surface area contributed by atoms with E-state index in [2.05, 4.69) is 6.58 Å². The van der Waals surface area contributed by atoms with Crippen LogP contribution in [0, 0.1) is 5.82 Å². The molecule has 2 aliphatic rings. The third kappa shape index (κ3) is 2.31. The first-order valence-corrected chi connectivity index (χ1v) is 8.33. The van der Waals surface area contributed by atoms with Crippen molar-refractivity contribution in [2.45, 2.75) is 25.9 Å². The molecule has 0 atom stereocenters. The molecular formula is C17H17FN4O4. The average Bonchev–Trinajstić information content (AvgIpc) is 2.89. The molecule has 26 heavy (non-hydrogen) atoms. The minimum absolute atomic E-state index is 0.185. The lowest BCUT2D eigenvalue weighted by molar-refractivity contribution is -0.121. The Morgan fingerprint density at radius 3 is 2.35 bits per heavy atom. The topological polar surface area (TPSA) is 78.5 Å². The second-order valence-corrected chi connectivity index (χ2v) is 6.21. The predicted octanol–water partition coefficient (Wildman–Crippen LogP) is 0.645. The molecule has 0 aliphatic carbocycles. The van der Waals surface area contributed by atoms with E-state index in [0.717, 1.165) is 23.5 Å². The van der Waals surface area contributed by atoms with Crippen LogP contribution in [0.1, 0.15) is 12.8 Å². The summed E-state index contributed by atoms with van der Waals surface area (Å²) in [5, 5.41) is 0. The van der Waals surface area contributed by atoms with Gasteiger partial charge in [-0.3, -0.25) is 4.79 Å². The Balaban J connectivity index is 1.93. The standard InChI is InChI=1S/C17H17FN4O4/c1-2-5-19-13-9-12(11(18)8-14(13)26-10-15(19)23)22-16(24)20-6-3-4-7-21(20)17(22)25/h2,8-9H,1,3-7,10H2. The van der Waals surface area contributed by atoms with Crippen molar-refractivity contribution in [1.82, 2.24) is 13.9 Å². The lowest BCUT2D eigenvalue weighted by Crippen LogP contribution is -2.39. The zero-order valence-corrected chi connectivity index (χ0v) is 14.0. The van der Waals surface area contributed by atoms with Crippen molar-refractivity contribution in [1.29, 1.82) is 0 Å². The van der Waals surface area contributed by atoms with E-state index in [1.165, 1.54) is 26.4 Å². The van der Waals surface area contributed by atoms with Gasteiger partial charge in [0.05, 0.1) is 11.4 Å². The molecule has 9 heteroatoms. The molecule has 2 aromatic rings. The first-order valence-electron chi connectivity index (χ1n) is 8.33. The maximum Gasteiger partial charge on any atom is 0.351 e. The molecule has 0 saturated carbocycles. The zero-order chi connectivity index (χ0) is 18.4. The molecule has 2 aliphatic heterocycles. The Morgan fingerprint density at radius 2 is 1.73 bits per heavy atom. The van der Waals surface area contributed by atoms with Crippen LogP contribution >= 0.6 is 0 Å². The summed E-state index contributed by atoms with van der Waals surface area (Å²) in [7, 11) is 0. The third-order valence-corrected chi connectivity index (χ3v) is 4.63. The van der Waals surface area contributed by atoms with Crippen LogP contribution in [-0.2, 0) is 17.9 Å². The van der Waals surface area contributed by atoms with Gasteiger partial charge < -0.3 is 9.64 Å². The lowest BCUT2D eigenvalue weighted by atomic mass is 10.2. The minimum atomic E-state index is -0.764. The fourth-order valence-electron chi connectivity index (χ4n) is 3.39. The van der Waals surface area contributed by atoms with Gasteiger partial charge in [0.15, 0.2) is 12.4 Å². The molecule has 0 spiro atoms. The van der Waals surface area contributed by atoms with Crippen molar-refractivity contribution < 1.29 is 13.9 Å². The van der Waals surface area contributed by atoms with Crippen molar-refractivity contribution in [2.24, 2.45) is 0 Å². The van der Waals surface area contributed by atoms with Crippen molar-refractivity contribution in [3.63, 3.8) is 0 Å². The smallest absolute Gasteiger partial charge is 0.351 e. The number of carbonyl (C=O) groups excluding carboxylic acids is 1. The Labute approximate surface area is 147 Å². The lowest BCUT2D eigenvalue weighted by Gasteiger charge is -2.29. The Bertz CT molecular complexity index is 995. The van der Waals surface area contributed by atoms with Crippen molar-refractivity contribution >= 4 is 11.6 Å². The second-order valence-electron chi connectivity index (χ2n) is 6.21. The van der Waals surface area contributed by atoms with Crippen LogP contribution in [0.3, 0.4) is 0 Å². The number of ether oxygens (including phenoxy) is 1. The number of fused-ring (bicyclic) bond motifs is 2. The number of halogens is 1. The quantitative estimate of drug-likeness (QED) is 0.753. The average molecular weight is 360 g/mol. The summed E-state index contributed by atoms with van der Waals surface area (Å²) < 4.78 is 23.4.